The molecule has 0 spiro atoms. The minimum Gasteiger partial charge on any atom is -0.379 e. The van der Waals surface area contributed by atoms with Gasteiger partial charge >= 0.3 is 0 Å². The number of aryl methyl sites for hydroxylation is 1. The summed E-state index contributed by atoms with van der Waals surface area (Å²) >= 11 is 0. The second kappa shape index (κ2) is 9.64. The first-order chi connectivity index (χ1) is 11.3. The molecule has 0 aliphatic heterocycles. The zero-order valence-corrected chi connectivity index (χ0v) is 15.3. The van der Waals surface area contributed by atoms with Gasteiger partial charge in [0, 0.05) is 16.9 Å². The zero-order valence-electron chi connectivity index (χ0n) is 14.4. The summed E-state index contributed by atoms with van der Waals surface area (Å²) in [6, 6.07) is 6.87. The van der Waals surface area contributed by atoms with Crippen LogP contribution >= 0.6 is 0 Å². The van der Waals surface area contributed by atoms with Crippen LogP contribution in [0.3, 0.4) is 0 Å². The summed E-state index contributed by atoms with van der Waals surface area (Å²) in [4.78, 5) is 2.96. The summed E-state index contributed by atoms with van der Waals surface area (Å²) in [6.45, 7) is 7.34. The second-order valence-electron chi connectivity index (χ2n) is 6.36. The van der Waals surface area contributed by atoms with Crippen LogP contribution in [0, 0.1) is 12.3 Å². The summed E-state index contributed by atoms with van der Waals surface area (Å²) in [5.74, 6) is 0.0147. The molecule has 0 atom stereocenters. The zero-order chi connectivity index (χ0) is 18.1. The topological polar surface area (TPSA) is 101 Å². The van der Waals surface area contributed by atoms with Gasteiger partial charge in [-0.3, -0.25) is 0 Å². The lowest BCUT2D eigenvalue weighted by atomic mass is 9.98. The third kappa shape index (κ3) is 7.79. The molecule has 0 fully saturated rings. The number of nitrogens with zero attached hydrogens (tertiary/aromatic N) is 3. The smallest absolute Gasteiger partial charge is 0.178 e. The van der Waals surface area contributed by atoms with E-state index in [9.17, 15) is 8.42 Å². The molecule has 0 aromatic heterocycles. The van der Waals surface area contributed by atoms with E-state index in [2.05, 4.69) is 10.0 Å². The lowest BCUT2D eigenvalue weighted by molar-refractivity contribution is 0.0221. The Hall–Kier alpha value is -1.60. The van der Waals surface area contributed by atoms with Gasteiger partial charge in [-0.1, -0.05) is 36.7 Å². The van der Waals surface area contributed by atoms with E-state index in [0.29, 0.717) is 31.3 Å². The van der Waals surface area contributed by atoms with Crippen molar-refractivity contribution >= 4 is 9.84 Å². The molecule has 0 bridgehead atoms. The second-order valence-corrected chi connectivity index (χ2v) is 8.35. The molecular weight excluding hydrogens is 330 g/mol. The number of hydrogen-bond acceptors (Lipinski definition) is 5. The molecule has 134 valence electrons. The molecule has 1 aromatic rings. The van der Waals surface area contributed by atoms with E-state index < -0.39 is 15.3 Å². The van der Waals surface area contributed by atoms with Crippen molar-refractivity contribution < 1.29 is 17.9 Å². The summed E-state index contributed by atoms with van der Waals surface area (Å²) in [5, 5.41) is 3.35. The Balaban J connectivity index is 2.39. The quantitative estimate of drug-likeness (QED) is 0.263. The van der Waals surface area contributed by atoms with Crippen molar-refractivity contribution in [2.24, 2.45) is 10.5 Å². The normalized spacial score (nSPS) is 12.0. The number of azide groups is 1. The Bertz CT molecular complexity index is 650. The van der Waals surface area contributed by atoms with Gasteiger partial charge in [-0.15, -0.1) is 0 Å². The van der Waals surface area contributed by atoms with E-state index in [-0.39, 0.29) is 12.3 Å². The van der Waals surface area contributed by atoms with Crippen LogP contribution in [-0.2, 0) is 19.3 Å². The van der Waals surface area contributed by atoms with E-state index >= 15 is 0 Å². The van der Waals surface area contributed by atoms with Crippen molar-refractivity contribution in [3.8, 4) is 0 Å². The summed E-state index contributed by atoms with van der Waals surface area (Å²) in [7, 11) is -3.35. The number of hydrogen-bond donors (Lipinski definition) is 0. The predicted molar refractivity (Wildman–Crippen MR) is 92.7 cm³/mol. The van der Waals surface area contributed by atoms with E-state index in [0.717, 1.165) is 5.56 Å². The Morgan fingerprint density at radius 3 is 2.38 bits per heavy atom. The minimum absolute atomic E-state index is 0.0147. The molecule has 0 N–H and O–H groups in total. The molecule has 0 heterocycles. The molecule has 0 radical (unpaired) electrons. The highest BCUT2D eigenvalue weighted by molar-refractivity contribution is 7.91. The molecule has 0 amide bonds. The molecule has 8 heteroatoms. The van der Waals surface area contributed by atoms with Crippen molar-refractivity contribution in [2.75, 3.05) is 38.7 Å². The molecular formula is C16H25N3O4S. The fraction of sp³-hybridized carbons (Fsp3) is 0.625. The standard InChI is InChI=1S/C16H25N3O4S/c1-14-4-6-15(7-5-14)24(20,21)13-16(2,3)12-23-11-10-22-9-8-18-19-17/h4-7H,8-13H2,1-3H3. The van der Waals surface area contributed by atoms with Crippen LogP contribution in [-0.4, -0.2) is 47.1 Å². The molecule has 1 rings (SSSR count). The molecule has 7 nitrogen and oxygen atoms in total. The molecule has 0 unspecified atom stereocenters. The van der Waals surface area contributed by atoms with Gasteiger partial charge in [-0.25, -0.2) is 8.42 Å². The average Bonchev–Trinajstić information content (AvgIpc) is 2.49. The number of sulfone groups is 1. The number of rotatable bonds is 11. The van der Waals surface area contributed by atoms with Gasteiger partial charge in [0.2, 0.25) is 0 Å². The molecule has 0 saturated carbocycles. The van der Waals surface area contributed by atoms with Gasteiger partial charge in [0.15, 0.2) is 9.84 Å². The van der Waals surface area contributed by atoms with Crippen molar-refractivity contribution in [2.45, 2.75) is 25.7 Å². The largest absolute Gasteiger partial charge is 0.379 e. The van der Waals surface area contributed by atoms with Crippen LogP contribution in [0.15, 0.2) is 34.3 Å². The van der Waals surface area contributed by atoms with Crippen LogP contribution < -0.4 is 0 Å². The first kappa shape index (κ1) is 20.4. The van der Waals surface area contributed by atoms with Crippen LogP contribution in [0.1, 0.15) is 19.4 Å². The van der Waals surface area contributed by atoms with Gasteiger partial charge in [-0.05, 0) is 24.6 Å². The summed E-state index contributed by atoms with van der Waals surface area (Å²) in [6.07, 6.45) is 0. The van der Waals surface area contributed by atoms with Crippen LogP contribution in [0.25, 0.3) is 10.4 Å². The molecule has 0 saturated heterocycles. The molecule has 0 aliphatic rings. The first-order valence-electron chi connectivity index (χ1n) is 7.73. The van der Waals surface area contributed by atoms with Crippen molar-refractivity contribution in [1.29, 1.82) is 0 Å². The Labute approximate surface area is 143 Å². The van der Waals surface area contributed by atoms with Gasteiger partial charge < -0.3 is 9.47 Å². The average molecular weight is 355 g/mol. The Kier molecular flexibility index (Phi) is 8.21. The van der Waals surface area contributed by atoms with E-state index in [1.165, 1.54) is 0 Å². The predicted octanol–water partition coefficient (Wildman–Crippen LogP) is 3.14. The minimum atomic E-state index is -3.35. The summed E-state index contributed by atoms with van der Waals surface area (Å²) in [5.41, 5.74) is 8.63. The monoisotopic (exact) mass is 355 g/mol. The first-order valence-corrected chi connectivity index (χ1v) is 9.38. The SMILES string of the molecule is Cc1ccc(S(=O)(=O)CC(C)(C)COCCOCCN=[N+]=[N-])cc1. The fourth-order valence-corrected chi connectivity index (χ4v) is 3.93. The lowest BCUT2D eigenvalue weighted by Gasteiger charge is -2.24. The van der Waals surface area contributed by atoms with Crippen LogP contribution in [0.5, 0.6) is 0 Å². The third-order valence-electron chi connectivity index (χ3n) is 3.22. The summed E-state index contributed by atoms with van der Waals surface area (Å²) < 4.78 is 35.7. The maximum Gasteiger partial charge on any atom is 0.178 e. The van der Waals surface area contributed by atoms with Gasteiger partial charge in [0.1, 0.15) is 0 Å². The third-order valence-corrected chi connectivity index (χ3v) is 5.38. The maximum absolute atomic E-state index is 12.5. The Morgan fingerprint density at radius 1 is 1.12 bits per heavy atom. The highest BCUT2D eigenvalue weighted by Gasteiger charge is 2.27. The highest BCUT2D eigenvalue weighted by Crippen LogP contribution is 2.23. The van der Waals surface area contributed by atoms with Crippen LogP contribution in [0.4, 0.5) is 0 Å². The van der Waals surface area contributed by atoms with Crippen molar-refractivity contribution in [3.05, 3.63) is 40.3 Å². The van der Waals surface area contributed by atoms with E-state index in [1.54, 1.807) is 24.3 Å². The highest BCUT2D eigenvalue weighted by atomic mass is 32.2. The molecule has 1 aromatic carbocycles. The van der Waals surface area contributed by atoms with Gasteiger partial charge in [0.25, 0.3) is 0 Å². The van der Waals surface area contributed by atoms with Crippen molar-refractivity contribution in [1.82, 2.24) is 0 Å². The van der Waals surface area contributed by atoms with Crippen LogP contribution in [0.2, 0.25) is 0 Å². The number of benzene rings is 1. The van der Waals surface area contributed by atoms with Gasteiger partial charge in [0.05, 0.1) is 37.1 Å². The van der Waals surface area contributed by atoms with Gasteiger partial charge in [-0.2, -0.15) is 0 Å². The molecule has 0 aliphatic carbocycles. The fourth-order valence-electron chi connectivity index (χ4n) is 2.10. The van der Waals surface area contributed by atoms with E-state index in [1.807, 2.05) is 20.8 Å². The maximum atomic E-state index is 12.5. The molecule has 24 heavy (non-hydrogen) atoms. The van der Waals surface area contributed by atoms with Crippen molar-refractivity contribution in [3.63, 3.8) is 0 Å². The van der Waals surface area contributed by atoms with E-state index in [4.69, 9.17) is 15.0 Å². The Morgan fingerprint density at radius 2 is 1.75 bits per heavy atom. The lowest BCUT2D eigenvalue weighted by Crippen LogP contribution is -2.29. The number of ether oxygens (including phenoxy) is 2.